The number of carbonyl (C=O) groups is 1. The van der Waals surface area contributed by atoms with Gasteiger partial charge in [-0.1, -0.05) is 6.07 Å². The van der Waals surface area contributed by atoms with Gasteiger partial charge < -0.3 is 9.88 Å². The molecular formula is C16H19FN4O3S. The summed E-state index contributed by atoms with van der Waals surface area (Å²) in [5, 5.41) is 2.62. The van der Waals surface area contributed by atoms with Gasteiger partial charge in [0.25, 0.3) is 10.0 Å². The van der Waals surface area contributed by atoms with Crippen LogP contribution in [0.3, 0.4) is 0 Å². The maximum Gasteiger partial charge on any atom is 0.262 e. The van der Waals surface area contributed by atoms with Crippen molar-refractivity contribution in [1.82, 2.24) is 13.9 Å². The standard InChI is InChI=1S/C16H19FN4O3S/c1-20-10-15(18-11-20)25(23,24)21-7-3-4-12(9-21)16(22)19-14-6-2-5-13(17)8-14/h2,5-6,8,10-12H,3-4,7,9H2,1H3,(H,19,22). The average Bonchev–Trinajstić information content (AvgIpc) is 3.02. The summed E-state index contributed by atoms with van der Waals surface area (Å²) in [6.45, 7) is 0.433. The summed E-state index contributed by atoms with van der Waals surface area (Å²) >= 11 is 0. The van der Waals surface area contributed by atoms with E-state index in [0.29, 0.717) is 25.1 Å². The Kier molecular flexibility index (Phi) is 4.87. The minimum Gasteiger partial charge on any atom is -0.339 e. The molecule has 3 rings (SSSR count). The smallest absolute Gasteiger partial charge is 0.262 e. The fourth-order valence-electron chi connectivity index (χ4n) is 2.84. The Hall–Kier alpha value is -2.26. The number of benzene rings is 1. The summed E-state index contributed by atoms with van der Waals surface area (Å²) in [7, 11) is -2.03. The second-order valence-electron chi connectivity index (χ2n) is 6.08. The van der Waals surface area contributed by atoms with Crippen LogP contribution < -0.4 is 5.32 Å². The molecule has 0 spiro atoms. The zero-order valence-electron chi connectivity index (χ0n) is 13.7. The van der Waals surface area contributed by atoms with Crippen molar-refractivity contribution in [3.8, 4) is 0 Å². The molecule has 1 unspecified atom stereocenters. The van der Waals surface area contributed by atoms with E-state index in [9.17, 15) is 17.6 Å². The number of rotatable bonds is 4. The molecule has 0 aliphatic carbocycles. The highest BCUT2D eigenvalue weighted by molar-refractivity contribution is 7.89. The highest BCUT2D eigenvalue weighted by Gasteiger charge is 2.34. The number of nitrogens with one attached hydrogen (secondary N) is 1. The topological polar surface area (TPSA) is 84.3 Å². The Morgan fingerprint density at radius 3 is 2.88 bits per heavy atom. The second-order valence-corrected chi connectivity index (χ2v) is 7.96. The maximum absolute atomic E-state index is 13.2. The van der Waals surface area contributed by atoms with Crippen LogP contribution in [-0.4, -0.2) is 41.3 Å². The molecule has 1 amide bonds. The van der Waals surface area contributed by atoms with Crippen LogP contribution >= 0.6 is 0 Å². The fourth-order valence-corrected chi connectivity index (χ4v) is 4.33. The van der Waals surface area contributed by atoms with Crippen molar-refractivity contribution in [2.24, 2.45) is 13.0 Å². The monoisotopic (exact) mass is 366 g/mol. The van der Waals surface area contributed by atoms with Crippen LogP contribution in [-0.2, 0) is 21.9 Å². The van der Waals surface area contributed by atoms with E-state index in [1.165, 1.54) is 35.0 Å². The first kappa shape index (κ1) is 17.6. The van der Waals surface area contributed by atoms with Crippen molar-refractivity contribution in [2.45, 2.75) is 17.9 Å². The molecule has 0 bridgehead atoms. The molecule has 25 heavy (non-hydrogen) atoms. The molecule has 1 aromatic heterocycles. The Bertz CT molecular complexity index is 881. The molecule has 1 N–H and O–H groups in total. The largest absolute Gasteiger partial charge is 0.339 e. The Morgan fingerprint density at radius 2 is 2.20 bits per heavy atom. The van der Waals surface area contributed by atoms with Gasteiger partial charge in [0.2, 0.25) is 5.91 Å². The molecule has 9 heteroatoms. The number of amides is 1. The zero-order valence-corrected chi connectivity index (χ0v) is 14.5. The van der Waals surface area contributed by atoms with E-state index in [0.717, 1.165) is 0 Å². The van der Waals surface area contributed by atoms with Gasteiger partial charge in [-0.15, -0.1) is 0 Å². The molecule has 1 aromatic carbocycles. The number of halogens is 1. The molecule has 1 aliphatic rings. The van der Waals surface area contributed by atoms with E-state index in [-0.39, 0.29) is 17.5 Å². The molecule has 2 heterocycles. The third kappa shape index (κ3) is 3.88. The number of aromatic nitrogens is 2. The molecular weight excluding hydrogens is 347 g/mol. The van der Waals surface area contributed by atoms with Gasteiger partial charge in [-0.2, -0.15) is 4.31 Å². The minimum absolute atomic E-state index is 0.0267. The van der Waals surface area contributed by atoms with Crippen molar-refractivity contribution in [2.75, 3.05) is 18.4 Å². The van der Waals surface area contributed by atoms with Gasteiger partial charge in [0.15, 0.2) is 5.03 Å². The SMILES string of the molecule is Cn1cnc(S(=O)(=O)N2CCCC(C(=O)Nc3cccc(F)c3)C2)c1. The molecule has 0 radical (unpaired) electrons. The van der Waals surface area contributed by atoms with Gasteiger partial charge in [-0.25, -0.2) is 17.8 Å². The molecule has 1 saturated heterocycles. The molecule has 1 atom stereocenters. The van der Waals surface area contributed by atoms with Crippen molar-refractivity contribution in [1.29, 1.82) is 0 Å². The van der Waals surface area contributed by atoms with Crippen molar-refractivity contribution in [3.05, 3.63) is 42.6 Å². The predicted molar refractivity (Wildman–Crippen MR) is 89.7 cm³/mol. The number of carbonyl (C=O) groups excluding carboxylic acids is 1. The van der Waals surface area contributed by atoms with E-state index < -0.39 is 21.8 Å². The first-order chi connectivity index (χ1) is 11.9. The molecule has 1 aliphatic heterocycles. The lowest BCUT2D eigenvalue weighted by Gasteiger charge is -2.30. The van der Waals surface area contributed by atoms with Gasteiger partial charge in [-0.3, -0.25) is 4.79 Å². The summed E-state index contributed by atoms with van der Waals surface area (Å²) in [6, 6.07) is 5.61. The fraction of sp³-hybridized carbons (Fsp3) is 0.375. The number of hydrogen-bond acceptors (Lipinski definition) is 4. The molecule has 0 saturated carbocycles. The van der Waals surface area contributed by atoms with Gasteiger partial charge in [-0.05, 0) is 31.0 Å². The first-order valence-corrected chi connectivity index (χ1v) is 9.35. The van der Waals surface area contributed by atoms with Gasteiger partial charge in [0.1, 0.15) is 5.82 Å². The predicted octanol–water partition coefficient (Wildman–Crippen LogP) is 1.60. The van der Waals surface area contributed by atoms with Gasteiger partial charge in [0, 0.05) is 32.0 Å². The van der Waals surface area contributed by atoms with Crippen LogP contribution in [0.15, 0.2) is 41.8 Å². The molecule has 1 fully saturated rings. The summed E-state index contributed by atoms with van der Waals surface area (Å²) in [6.07, 6.45) is 4.01. The normalized spacial score (nSPS) is 18.9. The van der Waals surface area contributed by atoms with Crippen LogP contribution in [0.25, 0.3) is 0 Å². The lowest BCUT2D eigenvalue weighted by molar-refractivity contribution is -0.120. The number of nitrogens with zero attached hydrogens (tertiary/aromatic N) is 3. The summed E-state index contributed by atoms with van der Waals surface area (Å²) < 4.78 is 41.3. The quantitative estimate of drug-likeness (QED) is 0.891. The summed E-state index contributed by atoms with van der Waals surface area (Å²) in [4.78, 5) is 16.3. The van der Waals surface area contributed by atoms with Crippen molar-refractivity contribution >= 4 is 21.6 Å². The number of aryl methyl sites for hydroxylation is 1. The number of hydrogen-bond donors (Lipinski definition) is 1. The summed E-state index contributed by atoms with van der Waals surface area (Å²) in [5.41, 5.74) is 0.356. The van der Waals surface area contributed by atoms with Crippen molar-refractivity contribution < 1.29 is 17.6 Å². The maximum atomic E-state index is 13.2. The molecule has 2 aromatic rings. The Balaban J connectivity index is 1.71. The Morgan fingerprint density at radius 1 is 1.40 bits per heavy atom. The van der Waals surface area contributed by atoms with E-state index in [4.69, 9.17) is 0 Å². The van der Waals surface area contributed by atoms with E-state index >= 15 is 0 Å². The average molecular weight is 366 g/mol. The van der Waals surface area contributed by atoms with Crippen LogP contribution in [0.1, 0.15) is 12.8 Å². The lowest BCUT2D eigenvalue weighted by Crippen LogP contribution is -2.43. The highest BCUT2D eigenvalue weighted by Crippen LogP contribution is 2.24. The molecule has 7 nitrogen and oxygen atoms in total. The lowest BCUT2D eigenvalue weighted by atomic mass is 9.99. The number of sulfonamides is 1. The van der Waals surface area contributed by atoms with Crippen LogP contribution in [0.5, 0.6) is 0 Å². The van der Waals surface area contributed by atoms with Crippen LogP contribution in [0.4, 0.5) is 10.1 Å². The summed E-state index contributed by atoms with van der Waals surface area (Å²) in [5.74, 6) is -1.25. The van der Waals surface area contributed by atoms with Crippen LogP contribution in [0.2, 0.25) is 0 Å². The van der Waals surface area contributed by atoms with E-state index in [1.807, 2.05) is 0 Å². The third-order valence-electron chi connectivity index (χ3n) is 4.13. The van der Waals surface area contributed by atoms with Crippen LogP contribution in [0, 0.1) is 11.7 Å². The number of imidazole rings is 1. The van der Waals surface area contributed by atoms with E-state index in [2.05, 4.69) is 10.3 Å². The molecule has 134 valence electrons. The number of anilines is 1. The first-order valence-electron chi connectivity index (χ1n) is 7.91. The Labute approximate surface area is 145 Å². The van der Waals surface area contributed by atoms with Gasteiger partial charge in [0.05, 0.1) is 12.2 Å². The zero-order chi connectivity index (χ0) is 18.0. The third-order valence-corrected chi connectivity index (χ3v) is 5.88. The van der Waals surface area contributed by atoms with Crippen molar-refractivity contribution in [3.63, 3.8) is 0 Å². The number of piperidine rings is 1. The second kappa shape index (κ2) is 6.93. The van der Waals surface area contributed by atoms with Gasteiger partial charge >= 0.3 is 0 Å². The van der Waals surface area contributed by atoms with E-state index in [1.54, 1.807) is 17.7 Å². The minimum atomic E-state index is -3.73. The highest BCUT2D eigenvalue weighted by atomic mass is 32.2.